The second-order valence-electron chi connectivity index (χ2n) is 6.14. The standard InChI is InChI=1S/C15H22N4O2S/c1-10-17-18-13(22-10)6-7-16-15(21)11-8-14(20)19(9-11)12-4-2-3-5-12/h11-12H,2-9H2,1H3,(H,16,21)/t11-/m1/s1. The molecular formula is C15H22N4O2S. The van der Waals surface area contributed by atoms with Gasteiger partial charge < -0.3 is 10.2 Å². The fourth-order valence-corrected chi connectivity index (χ4v) is 4.06. The summed E-state index contributed by atoms with van der Waals surface area (Å²) in [4.78, 5) is 26.3. The minimum absolute atomic E-state index is 0.00455. The molecule has 1 saturated heterocycles. The molecule has 0 aromatic carbocycles. The number of carbonyl (C=O) groups is 2. The maximum absolute atomic E-state index is 12.2. The molecule has 2 aliphatic rings. The van der Waals surface area contributed by atoms with Gasteiger partial charge in [0, 0.05) is 32.0 Å². The van der Waals surface area contributed by atoms with E-state index in [9.17, 15) is 9.59 Å². The lowest BCUT2D eigenvalue weighted by Gasteiger charge is -2.23. The van der Waals surface area contributed by atoms with Crippen molar-refractivity contribution in [2.24, 2.45) is 5.92 Å². The number of amides is 2. The highest BCUT2D eigenvalue weighted by Crippen LogP contribution is 2.29. The Hall–Kier alpha value is -1.50. The Balaban J connectivity index is 1.45. The molecule has 0 unspecified atom stereocenters. The van der Waals surface area contributed by atoms with Crippen LogP contribution in [0.3, 0.4) is 0 Å². The molecule has 1 aliphatic carbocycles. The topological polar surface area (TPSA) is 75.2 Å². The highest BCUT2D eigenvalue weighted by molar-refractivity contribution is 7.11. The molecule has 120 valence electrons. The van der Waals surface area contributed by atoms with Crippen molar-refractivity contribution in [1.29, 1.82) is 0 Å². The summed E-state index contributed by atoms with van der Waals surface area (Å²) in [6.45, 7) is 3.07. The average molecular weight is 322 g/mol. The van der Waals surface area contributed by atoms with Gasteiger partial charge in [0.2, 0.25) is 11.8 Å². The zero-order chi connectivity index (χ0) is 15.5. The van der Waals surface area contributed by atoms with Gasteiger partial charge in [-0.05, 0) is 19.8 Å². The lowest BCUT2D eigenvalue weighted by Crippen LogP contribution is -2.37. The van der Waals surface area contributed by atoms with Crippen molar-refractivity contribution in [3.63, 3.8) is 0 Å². The minimum atomic E-state index is -0.191. The summed E-state index contributed by atoms with van der Waals surface area (Å²) in [6.07, 6.45) is 5.65. The fourth-order valence-electron chi connectivity index (χ4n) is 3.35. The first-order valence-corrected chi connectivity index (χ1v) is 8.81. The number of aromatic nitrogens is 2. The van der Waals surface area contributed by atoms with Crippen molar-refractivity contribution in [2.75, 3.05) is 13.1 Å². The third-order valence-corrected chi connectivity index (χ3v) is 5.40. The summed E-state index contributed by atoms with van der Waals surface area (Å²) < 4.78 is 0. The van der Waals surface area contributed by atoms with E-state index in [-0.39, 0.29) is 17.7 Å². The van der Waals surface area contributed by atoms with E-state index >= 15 is 0 Å². The molecule has 7 heteroatoms. The van der Waals surface area contributed by atoms with Crippen LogP contribution in [0, 0.1) is 12.8 Å². The van der Waals surface area contributed by atoms with Crippen molar-refractivity contribution in [3.05, 3.63) is 10.0 Å². The number of hydrogen-bond acceptors (Lipinski definition) is 5. The van der Waals surface area contributed by atoms with Gasteiger partial charge >= 0.3 is 0 Å². The Morgan fingerprint density at radius 1 is 1.36 bits per heavy atom. The lowest BCUT2D eigenvalue weighted by molar-refractivity contribution is -0.130. The molecule has 1 N–H and O–H groups in total. The van der Waals surface area contributed by atoms with Crippen molar-refractivity contribution in [3.8, 4) is 0 Å². The van der Waals surface area contributed by atoms with Gasteiger partial charge in [0.1, 0.15) is 10.0 Å². The van der Waals surface area contributed by atoms with Crippen LogP contribution in [0.2, 0.25) is 0 Å². The van der Waals surface area contributed by atoms with Crippen LogP contribution in [0.5, 0.6) is 0 Å². The smallest absolute Gasteiger partial charge is 0.225 e. The molecular weight excluding hydrogens is 300 g/mol. The third-order valence-electron chi connectivity index (χ3n) is 4.50. The highest BCUT2D eigenvalue weighted by Gasteiger charge is 2.38. The fraction of sp³-hybridized carbons (Fsp3) is 0.733. The van der Waals surface area contributed by atoms with Crippen LogP contribution in [-0.2, 0) is 16.0 Å². The summed E-state index contributed by atoms with van der Waals surface area (Å²) in [5.74, 6) is -0.0499. The molecule has 1 aromatic heterocycles. The van der Waals surface area contributed by atoms with E-state index in [4.69, 9.17) is 0 Å². The quantitative estimate of drug-likeness (QED) is 0.886. The number of rotatable bonds is 5. The van der Waals surface area contributed by atoms with Crippen LogP contribution in [-0.4, -0.2) is 46.0 Å². The second kappa shape index (κ2) is 6.73. The maximum Gasteiger partial charge on any atom is 0.225 e. The largest absolute Gasteiger partial charge is 0.355 e. The monoisotopic (exact) mass is 322 g/mol. The Morgan fingerprint density at radius 2 is 2.14 bits per heavy atom. The van der Waals surface area contributed by atoms with Crippen molar-refractivity contribution >= 4 is 23.2 Å². The number of nitrogens with zero attached hydrogens (tertiary/aromatic N) is 3. The molecule has 2 amide bonds. The van der Waals surface area contributed by atoms with E-state index in [1.165, 1.54) is 12.8 Å². The van der Waals surface area contributed by atoms with Gasteiger partial charge in [0.15, 0.2) is 0 Å². The summed E-state index contributed by atoms with van der Waals surface area (Å²) in [5.41, 5.74) is 0. The molecule has 3 rings (SSSR count). The van der Waals surface area contributed by atoms with Crippen LogP contribution >= 0.6 is 11.3 Å². The molecule has 1 aromatic rings. The summed E-state index contributed by atoms with van der Waals surface area (Å²) in [6, 6.07) is 0.370. The summed E-state index contributed by atoms with van der Waals surface area (Å²) >= 11 is 1.55. The van der Waals surface area contributed by atoms with E-state index in [0.29, 0.717) is 32.0 Å². The van der Waals surface area contributed by atoms with E-state index in [0.717, 1.165) is 22.9 Å². The van der Waals surface area contributed by atoms with Crippen LogP contribution in [0.15, 0.2) is 0 Å². The molecule has 0 spiro atoms. The first kappa shape index (κ1) is 15.4. The van der Waals surface area contributed by atoms with Gasteiger partial charge in [-0.3, -0.25) is 9.59 Å². The molecule has 2 heterocycles. The third kappa shape index (κ3) is 3.45. The van der Waals surface area contributed by atoms with E-state index in [1.807, 2.05) is 11.8 Å². The van der Waals surface area contributed by atoms with Crippen LogP contribution < -0.4 is 5.32 Å². The number of hydrogen-bond donors (Lipinski definition) is 1. The van der Waals surface area contributed by atoms with Crippen molar-refractivity contribution in [2.45, 2.75) is 51.5 Å². The molecule has 6 nitrogen and oxygen atoms in total. The molecule has 1 atom stereocenters. The van der Waals surface area contributed by atoms with Gasteiger partial charge in [0.05, 0.1) is 5.92 Å². The SMILES string of the molecule is Cc1nnc(CCNC(=O)[C@@H]2CC(=O)N(C3CCCC3)C2)s1. The summed E-state index contributed by atoms with van der Waals surface area (Å²) in [7, 11) is 0. The molecule has 0 radical (unpaired) electrons. The predicted octanol–water partition coefficient (Wildman–Crippen LogP) is 1.30. The number of nitrogens with one attached hydrogen (secondary N) is 1. The maximum atomic E-state index is 12.2. The Morgan fingerprint density at radius 3 is 2.82 bits per heavy atom. The molecule has 1 saturated carbocycles. The van der Waals surface area contributed by atoms with Gasteiger partial charge in [-0.2, -0.15) is 0 Å². The van der Waals surface area contributed by atoms with E-state index in [1.54, 1.807) is 11.3 Å². The highest BCUT2D eigenvalue weighted by atomic mass is 32.1. The Bertz CT molecular complexity index is 553. The molecule has 22 heavy (non-hydrogen) atoms. The Kier molecular flexibility index (Phi) is 4.71. The first-order valence-electron chi connectivity index (χ1n) is 7.99. The van der Waals surface area contributed by atoms with Crippen molar-refractivity contribution in [1.82, 2.24) is 20.4 Å². The van der Waals surface area contributed by atoms with Gasteiger partial charge in [-0.15, -0.1) is 21.5 Å². The first-order chi connectivity index (χ1) is 10.6. The average Bonchev–Trinajstić information content (AvgIpc) is 3.19. The van der Waals surface area contributed by atoms with Gasteiger partial charge in [-0.25, -0.2) is 0 Å². The van der Waals surface area contributed by atoms with Gasteiger partial charge in [-0.1, -0.05) is 12.8 Å². The van der Waals surface area contributed by atoms with E-state index < -0.39 is 0 Å². The predicted molar refractivity (Wildman–Crippen MR) is 83.4 cm³/mol. The van der Waals surface area contributed by atoms with Gasteiger partial charge in [0.25, 0.3) is 0 Å². The second-order valence-corrected chi connectivity index (χ2v) is 7.41. The number of likely N-dealkylation sites (tertiary alicyclic amines) is 1. The molecule has 1 aliphatic heterocycles. The van der Waals surface area contributed by atoms with Crippen LogP contribution in [0.25, 0.3) is 0 Å². The van der Waals surface area contributed by atoms with Crippen LogP contribution in [0.4, 0.5) is 0 Å². The number of carbonyl (C=O) groups excluding carboxylic acids is 2. The minimum Gasteiger partial charge on any atom is -0.355 e. The number of aryl methyl sites for hydroxylation is 1. The van der Waals surface area contributed by atoms with Crippen LogP contribution in [0.1, 0.15) is 42.1 Å². The van der Waals surface area contributed by atoms with Crippen molar-refractivity contribution < 1.29 is 9.59 Å². The molecule has 0 bridgehead atoms. The zero-order valence-electron chi connectivity index (χ0n) is 12.9. The zero-order valence-corrected chi connectivity index (χ0v) is 13.7. The summed E-state index contributed by atoms with van der Waals surface area (Å²) in [5, 5.41) is 12.8. The normalized spacial score (nSPS) is 22.5. The Labute approximate surface area is 134 Å². The lowest BCUT2D eigenvalue weighted by atomic mass is 10.1. The molecule has 2 fully saturated rings. The van der Waals surface area contributed by atoms with E-state index in [2.05, 4.69) is 15.5 Å².